The van der Waals surface area contributed by atoms with E-state index >= 15 is 4.39 Å². The number of nitrogens with zero attached hydrogens (tertiary/aromatic N) is 5. The van der Waals surface area contributed by atoms with Gasteiger partial charge in [0.25, 0.3) is 0 Å². The number of hydrogen-bond donors (Lipinski definition) is 1. The molecular weight excluding hydrogens is 452 g/mol. The number of fused-ring (bicyclic) bond motifs is 1. The molecule has 11 heteroatoms. The van der Waals surface area contributed by atoms with Gasteiger partial charge in [0.15, 0.2) is 0 Å². The zero-order valence-corrected chi connectivity index (χ0v) is 17.8. The molecule has 2 N–H and O–H groups in total. The lowest BCUT2D eigenvalue weighted by Gasteiger charge is -2.18. The van der Waals surface area contributed by atoms with E-state index in [0.29, 0.717) is 22.3 Å². The van der Waals surface area contributed by atoms with Gasteiger partial charge < -0.3 is 15.2 Å². The molecule has 0 radical (unpaired) electrons. The highest BCUT2D eigenvalue weighted by molar-refractivity contribution is 6.02. The fraction of sp³-hybridized carbons (Fsp3) is 0.217. The highest BCUT2D eigenvalue weighted by Crippen LogP contribution is 2.37. The van der Waals surface area contributed by atoms with Crippen LogP contribution in [0.4, 0.5) is 29.1 Å². The Morgan fingerprint density at radius 3 is 2.65 bits per heavy atom. The van der Waals surface area contributed by atoms with Gasteiger partial charge in [0.2, 0.25) is 5.91 Å². The standard InChI is InChI=1S/C23H18F4N6O/c1-32-10-15(19-20(28)29-11-30-21(19)32)13-6-5-12(9-16(13)24)33-8-7-14(22(33)34)17-3-2-4-18(31-17)23(25,26)27/h2-6,9-11,14H,7-8H2,1H3,(H2,28,29,30). The Hall–Kier alpha value is -4.02. The Labute approximate surface area is 190 Å². The van der Waals surface area contributed by atoms with Gasteiger partial charge in [-0.25, -0.2) is 19.3 Å². The summed E-state index contributed by atoms with van der Waals surface area (Å²) in [5.41, 5.74) is 6.63. The van der Waals surface area contributed by atoms with Crippen LogP contribution in [0.25, 0.3) is 22.2 Å². The number of hydrogen-bond acceptors (Lipinski definition) is 5. The van der Waals surface area contributed by atoms with Crippen LogP contribution < -0.4 is 10.6 Å². The van der Waals surface area contributed by atoms with Gasteiger partial charge in [0, 0.05) is 36.6 Å². The topological polar surface area (TPSA) is 89.9 Å². The Kier molecular flexibility index (Phi) is 4.99. The van der Waals surface area contributed by atoms with Crippen LogP contribution in [0.2, 0.25) is 0 Å². The number of carbonyl (C=O) groups excluding carboxylic acids is 1. The number of pyridine rings is 1. The first-order valence-corrected chi connectivity index (χ1v) is 10.4. The minimum absolute atomic E-state index is 0.0469. The molecule has 0 saturated carbocycles. The van der Waals surface area contributed by atoms with Gasteiger partial charge in [-0.05, 0) is 36.8 Å². The molecule has 0 bridgehead atoms. The zero-order valence-electron chi connectivity index (χ0n) is 17.8. The van der Waals surface area contributed by atoms with Crippen molar-refractivity contribution in [1.29, 1.82) is 0 Å². The lowest BCUT2D eigenvalue weighted by molar-refractivity contribution is -0.141. The first kappa shape index (κ1) is 21.8. The molecule has 0 spiro atoms. The van der Waals surface area contributed by atoms with E-state index in [-0.39, 0.29) is 30.0 Å². The van der Waals surface area contributed by atoms with Gasteiger partial charge in [-0.1, -0.05) is 6.07 Å². The van der Waals surface area contributed by atoms with Gasteiger partial charge >= 0.3 is 6.18 Å². The molecule has 34 heavy (non-hydrogen) atoms. The predicted molar refractivity (Wildman–Crippen MR) is 117 cm³/mol. The summed E-state index contributed by atoms with van der Waals surface area (Å²) in [5.74, 6) is -1.63. The average Bonchev–Trinajstić information content (AvgIpc) is 3.34. The number of carbonyl (C=O) groups is 1. The third-order valence-corrected chi connectivity index (χ3v) is 5.96. The van der Waals surface area contributed by atoms with E-state index in [1.54, 1.807) is 23.9 Å². The fourth-order valence-corrected chi connectivity index (χ4v) is 4.34. The van der Waals surface area contributed by atoms with Crippen molar-refractivity contribution in [3.63, 3.8) is 0 Å². The van der Waals surface area contributed by atoms with E-state index < -0.39 is 29.5 Å². The van der Waals surface area contributed by atoms with Crippen LogP contribution in [0.5, 0.6) is 0 Å². The smallest absolute Gasteiger partial charge is 0.383 e. The van der Waals surface area contributed by atoms with Crippen molar-refractivity contribution >= 4 is 28.4 Å². The number of anilines is 2. The third-order valence-electron chi connectivity index (χ3n) is 5.96. The Balaban J connectivity index is 1.46. The molecule has 4 heterocycles. The maximum atomic E-state index is 15.2. The molecule has 5 rings (SSSR count). The van der Waals surface area contributed by atoms with Gasteiger partial charge in [-0.2, -0.15) is 13.2 Å². The molecular formula is C23H18F4N6O. The van der Waals surface area contributed by atoms with Crippen molar-refractivity contribution in [3.8, 4) is 11.1 Å². The average molecular weight is 470 g/mol. The molecule has 0 aliphatic carbocycles. The maximum Gasteiger partial charge on any atom is 0.433 e. The monoisotopic (exact) mass is 470 g/mol. The Morgan fingerprint density at radius 2 is 1.91 bits per heavy atom. The minimum Gasteiger partial charge on any atom is -0.383 e. The second kappa shape index (κ2) is 7.79. The molecule has 1 atom stereocenters. The summed E-state index contributed by atoms with van der Waals surface area (Å²) in [6.07, 6.45) is -1.31. The van der Waals surface area contributed by atoms with Crippen LogP contribution in [0.15, 0.2) is 48.9 Å². The first-order chi connectivity index (χ1) is 16.1. The van der Waals surface area contributed by atoms with Gasteiger partial charge in [-0.15, -0.1) is 0 Å². The molecule has 1 saturated heterocycles. The van der Waals surface area contributed by atoms with Gasteiger partial charge in [0.1, 0.15) is 29.3 Å². The summed E-state index contributed by atoms with van der Waals surface area (Å²) in [4.78, 5) is 26.2. The highest BCUT2D eigenvalue weighted by Gasteiger charge is 2.37. The third kappa shape index (κ3) is 3.53. The predicted octanol–water partition coefficient (Wildman–Crippen LogP) is 4.29. The number of nitrogen functional groups attached to an aromatic ring is 1. The van der Waals surface area contributed by atoms with Gasteiger partial charge in [-0.3, -0.25) is 4.79 Å². The van der Waals surface area contributed by atoms with Crippen molar-refractivity contribution in [2.24, 2.45) is 7.05 Å². The summed E-state index contributed by atoms with van der Waals surface area (Å²) in [5, 5.41) is 0.518. The fourth-order valence-electron chi connectivity index (χ4n) is 4.34. The van der Waals surface area contributed by atoms with E-state index in [1.807, 2.05) is 0 Å². The van der Waals surface area contributed by atoms with Crippen molar-refractivity contribution in [3.05, 3.63) is 66.1 Å². The van der Waals surface area contributed by atoms with Crippen molar-refractivity contribution < 1.29 is 22.4 Å². The number of amides is 1. The second-order valence-corrected chi connectivity index (χ2v) is 8.05. The lowest BCUT2D eigenvalue weighted by Crippen LogP contribution is -2.27. The molecule has 1 aliphatic rings. The minimum atomic E-state index is -4.60. The number of nitrogens with two attached hydrogens (primary N) is 1. The van der Waals surface area contributed by atoms with Crippen LogP contribution in [-0.2, 0) is 18.0 Å². The number of rotatable bonds is 3. The summed E-state index contributed by atoms with van der Waals surface area (Å²) in [7, 11) is 1.76. The summed E-state index contributed by atoms with van der Waals surface area (Å²) >= 11 is 0. The van der Waals surface area contributed by atoms with E-state index in [4.69, 9.17) is 5.73 Å². The molecule has 7 nitrogen and oxygen atoms in total. The molecule has 1 aromatic carbocycles. The Bertz CT molecular complexity index is 1430. The van der Waals surface area contributed by atoms with E-state index in [9.17, 15) is 18.0 Å². The number of benzene rings is 1. The Morgan fingerprint density at radius 1 is 1.12 bits per heavy atom. The van der Waals surface area contributed by atoms with Crippen molar-refractivity contribution in [1.82, 2.24) is 19.5 Å². The lowest BCUT2D eigenvalue weighted by atomic mass is 10.0. The second-order valence-electron chi connectivity index (χ2n) is 8.05. The molecule has 174 valence electrons. The maximum absolute atomic E-state index is 15.2. The first-order valence-electron chi connectivity index (χ1n) is 10.4. The summed E-state index contributed by atoms with van der Waals surface area (Å²) < 4.78 is 56.0. The number of aryl methyl sites for hydroxylation is 1. The molecule has 1 aliphatic heterocycles. The van der Waals surface area contributed by atoms with E-state index in [2.05, 4.69) is 15.0 Å². The van der Waals surface area contributed by atoms with Crippen LogP contribution in [0.1, 0.15) is 23.7 Å². The zero-order chi connectivity index (χ0) is 24.2. The number of halogens is 4. The normalized spacial score (nSPS) is 16.6. The molecule has 1 fully saturated rings. The SMILES string of the molecule is Cn1cc(-c2ccc(N3CCC(c4cccc(C(F)(F)F)n4)C3=O)cc2F)c2c(N)ncnc21. The van der Waals surface area contributed by atoms with Crippen LogP contribution in [0.3, 0.4) is 0 Å². The van der Waals surface area contributed by atoms with Gasteiger partial charge in [0.05, 0.1) is 17.0 Å². The quantitative estimate of drug-likeness (QED) is 0.451. The highest BCUT2D eigenvalue weighted by atomic mass is 19.4. The number of alkyl halides is 3. The molecule has 1 unspecified atom stereocenters. The molecule has 4 aromatic rings. The van der Waals surface area contributed by atoms with E-state index in [1.165, 1.54) is 35.5 Å². The van der Waals surface area contributed by atoms with E-state index in [0.717, 1.165) is 6.07 Å². The van der Waals surface area contributed by atoms with Crippen molar-refractivity contribution in [2.45, 2.75) is 18.5 Å². The van der Waals surface area contributed by atoms with Crippen LogP contribution >= 0.6 is 0 Å². The molecule has 3 aromatic heterocycles. The molecule has 1 amide bonds. The van der Waals surface area contributed by atoms with Crippen molar-refractivity contribution in [2.75, 3.05) is 17.2 Å². The largest absolute Gasteiger partial charge is 0.433 e. The summed E-state index contributed by atoms with van der Waals surface area (Å²) in [6, 6.07) is 7.85. The summed E-state index contributed by atoms with van der Waals surface area (Å²) in [6.45, 7) is 0.231. The van der Waals surface area contributed by atoms with Crippen LogP contribution in [0, 0.1) is 5.82 Å². The number of aromatic nitrogens is 4. The van der Waals surface area contributed by atoms with Crippen LogP contribution in [-0.4, -0.2) is 32.0 Å².